The normalized spacial score (nSPS) is 10.4. The largest absolute Gasteiger partial charge is 0.497 e. The van der Waals surface area contributed by atoms with E-state index in [9.17, 15) is 14.9 Å². The van der Waals surface area contributed by atoms with Gasteiger partial charge in [-0.3, -0.25) is 10.1 Å². The number of thiazole rings is 1. The molecule has 0 radical (unpaired) electrons. The molecule has 3 aromatic rings. The molecule has 138 valence electrons. The van der Waals surface area contributed by atoms with Crippen molar-refractivity contribution < 1.29 is 24.3 Å². The molecular weight excluding hydrogens is 372 g/mol. The molecule has 0 atom stereocenters. The van der Waals surface area contributed by atoms with Gasteiger partial charge in [-0.05, 0) is 29.8 Å². The number of nitrogens with zero attached hydrogens (tertiary/aromatic N) is 2. The molecule has 1 aromatic heterocycles. The van der Waals surface area contributed by atoms with Crippen LogP contribution in [0.3, 0.4) is 0 Å². The second kappa shape index (κ2) is 7.83. The Balaban J connectivity index is 1.86. The molecule has 9 heteroatoms. The topological polar surface area (TPSA) is 112 Å². The first-order valence-corrected chi connectivity index (χ1v) is 8.59. The molecule has 3 rings (SSSR count). The number of methoxy groups -OCH3 is 1. The number of hydrogen-bond donors (Lipinski definition) is 1. The maximum atomic E-state index is 11.1. The van der Waals surface area contributed by atoms with Crippen molar-refractivity contribution in [3.8, 4) is 22.1 Å². The lowest BCUT2D eigenvalue weighted by Crippen LogP contribution is -1.99. The second-order valence-corrected chi connectivity index (χ2v) is 6.28. The van der Waals surface area contributed by atoms with Gasteiger partial charge in [-0.1, -0.05) is 0 Å². The summed E-state index contributed by atoms with van der Waals surface area (Å²) in [6.45, 7) is 0.176. The van der Waals surface area contributed by atoms with E-state index < -0.39 is 10.9 Å². The lowest BCUT2D eigenvalue weighted by Gasteiger charge is -2.12. The van der Waals surface area contributed by atoms with Gasteiger partial charge in [-0.2, -0.15) is 0 Å². The molecule has 0 aliphatic heterocycles. The van der Waals surface area contributed by atoms with Crippen molar-refractivity contribution in [1.82, 2.24) is 4.98 Å². The fraction of sp³-hybridized carbons (Fsp3) is 0.111. The van der Waals surface area contributed by atoms with Crippen LogP contribution >= 0.6 is 11.3 Å². The molecule has 8 nitrogen and oxygen atoms in total. The van der Waals surface area contributed by atoms with Crippen molar-refractivity contribution in [2.24, 2.45) is 0 Å². The molecule has 0 amide bonds. The second-order valence-electron chi connectivity index (χ2n) is 5.42. The van der Waals surface area contributed by atoms with E-state index in [4.69, 9.17) is 14.6 Å². The van der Waals surface area contributed by atoms with Crippen LogP contribution in [0.15, 0.2) is 47.8 Å². The third-order valence-corrected chi connectivity index (χ3v) is 4.56. The minimum atomic E-state index is -1.10. The van der Waals surface area contributed by atoms with E-state index in [2.05, 4.69) is 4.98 Å². The number of carboxylic acid groups (broad SMARTS) is 1. The Labute approximate surface area is 157 Å². The average molecular weight is 386 g/mol. The number of non-ortho nitro benzene ring substituents is 1. The maximum Gasteiger partial charge on any atom is 0.355 e. The Hall–Kier alpha value is -3.46. The molecule has 1 heterocycles. The van der Waals surface area contributed by atoms with Gasteiger partial charge in [0.1, 0.15) is 23.1 Å². The SMILES string of the molecule is COc1ccc(-c2nc(C(=O)O)cs2)c(OCc2ccc([N+](=O)[O-])cc2)c1. The van der Waals surface area contributed by atoms with Crippen LogP contribution < -0.4 is 9.47 Å². The molecule has 0 spiro atoms. The highest BCUT2D eigenvalue weighted by atomic mass is 32.1. The number of nitro benzene ring substituents is 1. The van der Waals surface area contributed by atoms with Gasteiger partial charge in [-0.25, -0.2) is 9.78 Å². The molecule has 0 unspecified atom stereocenters. The van der Waals surface area contributed by atoms with E-state index in [-0.39, 0.29) is 18.0 Å². The van der Waals surface area contributed by atoms with Crippen LogP contribution in [0.25, 0.3) is 10.6 Å². The summed E-state index contributed by atoms with van der Waals surface area (Å²) in [5, 5.41) is 21.7. The average Bonchev–Trinajstić information content (AvgIpc) is 3.16. The molecule has 0 saturated carbocycles. The van der Waals surface area contributed by atoms with E-state index >= 15 is 0 Å². The molecule has 1 N–H and O–H groups in total. The monoisotopic (exact) mass is 386 g/mol. The van der Waals surface area contributed by atoms with Crippen molar-refractivity contribution in [2.75, 3.05) is 7.11 Å². The number of carboxylic acids is 1. The molecule has 0 aliphatic carbocycles. The smallest absolute Gasteiger partial charge is 0.355 e. The van der Waals surface area contributed by atoms with Gasteiger partial charge in [0.15, 0.2) is 5.69 Å². The van der Waals surface area contributed by atoms with Gasteiger partial charge in [0, 0.05) is 23.6 Å². The Morgan fingerprint density at radius 1 is 1.26 bits per heavy atom. The summed E-state index contributed by atoms with van der Waals surface area (Å²) in [5.41, 5.74) is 1.35. The Kier molecular flexibility index (Phi) is 5.32. The first-order valence-electron chi connectivity index (χ1n) is 7.71. The third kappa shape index (κ3) is 4.21. The number of aromatic carboxylic acids is 1. The fourth-order valence-electron chi connectivity index (χ4n) is 2.30. The minimum absolute atomic E-state index is 0.00445. The summed E-state index contributed by atoms with van der Waals surface area (Å²) in [6.07, 6.45) is 0. The van der Waals surface area contributed by atoms with E-state index in [1.807, 2.05) is 0 Å². The number of hydrogen-bond acceptors (Lipinski definition) is 7. The third-order valence-electron chi connectivity index (χ3n) is 3.68. The lowest BCUT2D eigenvalue weighted by molar-refractivity contribution is -0.384. The number of rotatable bonds is 7. The number of aromatic nitrogens is 1. The Morgan fingerprint density at radius 2 is 2.00 bits per heavy atom. The highest BCUT2D eigenvalue weighted by Crippen LogP contribution is 2.35. The summed E-state index contributed by atoms with van der Waals surface area (Å²) < 4.78 is 11.1. The summed E-state index contributed by atoms with van der Waals surface area (Å²) in [5.74, 6) is -0.0502. The molecule has 0 bridgehead atoms. The van der Waals surface area contributed by atoms with Crippen molar-refractivity contribution in [1.29, 1.82) is 0 Å². The summed E-state index contributed by atoms with van der Waals surface area (Å²) >= 11 is 1.20. The van der Waals surface area contributed by atoms with Crippen molar-refractivity contribution in [3.05, 3.63) is 69.2 Å². The highest BCUT2D eigenvalue weighted by molar-refractivity contribution is 7.13. The zero-order valence-corrected chi connectivity index (χ0v) is 14.9. The summed E-state index contributed by atoms with van der Waals surface area (Å²) in [4.78, 5) is 25.4. The first-order chi connectivity index (χ1) is 13.0. The van der Waals surface area contributed by atoms with Crippen LogP contribution in [-0.2, 0) is 6.61 Å². The fourth-order valence-corrected chi connectivity index (χ4v) is 3.12. The van der Waals surface area contributed by atoms with Crippen LogP contribution in [0.4, 0.5) is 5.69 Å². The summed E-state index contributed by atoms with van der Waals surface area (Å²) in [7, 11) is 1.53. The molecule has 27 heavy (non-hydrogen) atoms. The number of nitro groups is 1. The van der Waals surface area contributed by atoms with Crippen LogP contribution in [-0.4, -0.2) is 28.1 Å². The highest BCUT2D eigenvalue weighted by Gasteiger charge is 2.15. The van der Waals surface area contributed by atoms with Crippen LogP contribution in [0.5, 0.6) is 11.5 Å². The molecule has 2 aromatic carbocycles. The number of benzene rings is 2. The van der Waals surface area contributed by atoms with Crippen LogP contribution in [0, 0.1) is 10.1 Å². The molecule has 0 fully saturated rings. The van der Waals surface area contributed by atoms with Gasteiger partial charge in [-0.15, -0.1) is 11.3 Å². The zero-order valence-electron chi connectivity index (χ0n) is 14.1. The predicted octanol–water partition coefficient (Wildman–Crippen LogP) is 4.00. The first kappa shape index (κ1) is 18.3. The van der Waals surface area contributed by atoms with Gasteiger partial charge in [0.25, 0.3) is 5.69 Å². The van der Waals surface area contributed by atoms with Crippen LogP contribution in [0.2, 0.25) is 0 Å². The van der Waals surface area contributed by atoms with Gasteiger partial charge in [0.05, 0.1) is 17.6 Å². The Bertz CT molecular complexity index is 984. The molecule has 0 aliphatic rings. The van der Waals surface area contributed by atoms with Gasteiger partial charge < -0.3 is 14.6 Å². The van der Waals surface area contributed by atoms with Crippen molar-refractivity contribution >= 4 is 23.0 Å². The zero-order chi connectivity index (χ0) is 19.4. The number of ether oxygens (including phenoxy) is 2. The van der Waals surface area contributed by atoms with Crippen molar-refractivity contribution in [2.45, 2.75) is 6.61 Å². The standard InChI is InChI=1S/C18H14N2O6S/c1-25-13-6-7-14(17-19-15(10-27-17)18(21)22)16(8-13)26-9-11-2-4-12(5-3-11)20(23)24/h2-8,10H,9H2,1H3,(H,21,22). The quantitative estimate of drug-likeness (QED) is 0.482. The van der Waals surface area contributed by atoms with Gasteiger partial charge in [0.2, 0.25) is 0 Å². The molecular formula is C18H14N2O6S. The number of carbonyl (C=O) groups is 1. The van der Waals surface area contributed by atoms with Crippen LogP contribution in [0.1, 0.15) is 16.1 Å². The van der Waals surface area contributed by atoms with E-state index in [1.54, 1.807) is 30.3 Å². The van der Waals surface area contributed by atoms with Gasteiger partial charge >= 0.3 is 5.97 Å². The molecule has 0 saturated heterocycles. The predicted molar refractivity (Wildman–Crippen MR) is 98.5 cm³/mol. The lowest BCUT2D eigenvalue weighted by atomic mass is 10.2. The summed E-state index contributed by atoms with van der Waals surface area (Å²) in [6, 6.07) is 11.2. The van der Waals surface area contributed by atoms with E-state index in [1.165, 1.54) is 36.0 Å². The maximum absolute atomic E-state index is 11.1. The minimum Gasteiger partial charge on any atom is -0.497 e. The van der Waals surface area contributed by atoms with E-state index in [0.29, 0.717) is 22.1 Å². The Morgan fingerprint density at radius 3 is 2.59 bits per heavy atom. The van der Waals surface area contributed by atoms with E-state index in [0.717, 1.165) is 5.56 Å². The van der Waals surface area contributed by atoms with Crippen molar-refractivity contribution in [3.63, 3.8) is 0 Å².